The van der Waals surface area contributed by atoms with Crippen LogP contribution in [0.15, 0.2) is 44.7 Å². The second-order valence-electron chi connectivity index (χ2n) is 8.88. The molecule has 0 N–H and O–H groups in total. The Labute approximate surface area is 205 Å². The van der Waals surface area contributed by atoms with Gasteiger partial charge in [0.2, 0.25) is 11.8 Å². The summed E-state index contributed by atoms with van der Waals surface area (Å²) in [7, 11) is 0. The Bertz CT molecular complexity index is 1360. The van der Waals surface area contributed by atoms with Gasteiger partial charge in [-0.05, 0) is 49.7 Å². The highest BCUT2D eigenvalue weighted by Crippen LogP contribution is 2.35. The third-order valence-corrected chi connectivity index (χ3v) is 8.63. The minimum absolute atomic E-state index is 0.0617. The van der Waals surface area contributed by atoms with Gasteiger partial charge in [0.15, 0.2) is 5.16 Å². The number of nitrogens with zero attached hydrogens (tertiary/aromatic N) is 4. The average molecular weight is 495 g/mol. The zero-order valence-electron chi connectivity index (χ0n) is 18.9. The minimum atomic E-state index is 0.0617. The van der Waals surface area contributed by atoms with Gasteiger partial charge in [0.1, 0.15) is 4.83 Å². The van der Waals surface area contributed by atoms with Crippen molar-refractivity contribution in [3.05, 3.63) is 68.5 Å². The van der Waals surface area contributed by atoms with Crippen LogP contribution in [0.3, 0.4) is 0 Å². The molecule has 4 heterocycles. The first kappa shape index (κ1) is 22.0. The quantitative estimate of drug-likeness (QED) is 0.270. The second kappa shape index (κ2) is 9.64. The maximum absolute atomic E-state index is 13.7. The van der Waals surface area contributed by atoms with Gasteiger partial charge >= 0.3 is 0 Å². The lowest BCUT2D eigenvalue weighted by atomic mass is 9.97. The van der Waals surface area contributed by atoms with Crippen molar-refractivity contribution >= 4 is 33.3 Å². The number of thioether (sulfide) groups is 1. The number of aryl methyl sites for hydroxylation is 2. The van der Waals surface area contributed by atoms with Crippen molar-refractivity contribution in [1.29, 1.82) is 0 Å². The molecule has 6 rings (SSSR count). The maximum atomic E-state index is 13.7. The summed E-state index contributed by atoms with van der Waals surface area (Å²) in [5.41, 5.74) is 2.42. The van der Waals surface area contributed by atoms with Gasteiger partial charge in [-0.25, -0.2) is 4.98 Å². The monoisotopic (exact) mass is 494 g/mol. The molecule has 1 saturated heterocycles. The number of hydrogen-bond acceptors (Lipinski definition) is 8. The van der Waals surface area contributed by atoms with Crippen LogP contribution in [0.4, 0.5) is 0 Å². The van der Waals surface area contributed by atoms with E-state index in [1.807, 2.05) is 34.9 Å². The lowest BCUT2D eigenvalue weighted by molar-refractivity contribution is 0.0937. The zero-order valence-corrected chi connectivity index (χ0v) is 20.5. The summed E-state index contributed by atoms with van der Waals surface area (Å²) in [6, 6.07) is 10.1. The fourth-order valence-corrected chi connectivity index (χ4v) is 6.95. The van der Waals surface area contributed by atoms with E-state index in [2.05, 4.69) is 10.2 Å². The van der Waals surface area contributed by atoms with Crippen LogP contribution in [0, 0.1) is 0 Å². The third kappa shape index (κ3) is 4.44. The molecule has 0 amide bonds. The second-order valence-corrected chi connectivity index (χ2v) is 10.9. The fraction of sp³-hybridized carbons (Fsp3) is 0.440. The molecule has 0 saturated carbocycles. The first-order valence-corrected chi connectivity index (χ1v) is 13.7. The molecular weight excluding hydrogens is 468 g/mol. The van der Waals surface area contributed by atoms with Crippen molar-refractivity contribution in [1.82, 2.24) is 19.7 Å². The van der Waals surface area contributed by atoms with Crippen LogP contribution in [-0.2, 0) is 36.3 Å². The molecule has 1 atom stereocenters. The van der Waals surface area contributed by atoms with E-state index in [1.165, 1.54) is 28.6 Å². The molecule has 1 fully saturated rings. The lowest BCUT2D eigenvalue weighted by Gasteiger charge is -2.16. The SMILES string of the molecule is O=c1c2c3c(sc2nc(SCc2nnc(Cc4ccccc4)o2)n1CC1CCCO1)CCCC3. The standard InChI is InChI=1S/C25H26N4O3S2/c30-24-22-18-10-4-5-11-19(18)34-23(22)26-25(29(24)14-17-9-6-12-31-17)33-15-21-28-27-20(32-21)13-16-7-2-1-3-8-16/h1-3,7-8,17H,4-6,9-15H2. The van der Waals surface area contributed by atoms with E-state index < -0.39 is 0 Å². The van der Waals surface area contributed by atoms with Gasteiger partial charge in [-0.15, -0.1) is 21.5 Å². The Balaban J connectivity index is 1.28. The smallest absolute Gasteiger partial charge is 0.263 e. The van der Waals surface area contributed by atoms with Crippen molar-refractivity contribution in [2.24, 2.45) is 0 Å². The molecule has 7 nitrogen and oxygen atoms in total. The Morgan fingerprint density at radius 2 is 1.94 bits per heavy atom. The first-order chi connectivity index (χ1) is 16.7. The van der Waals surface area contributed by atoms with Gasteiger partial charge in [0.25, 0.3) is 5.56 Å². The number of thiophene rings is 1. The molecule has 34 heavy (non-hydrogen) atoms. The molecule has 1 unspecified atom stereocenters. The van der Waals surface area contributed by atoms with Gasteiger partial charge in [0.05, 0.1) is 30.2 Å². The van der Waals surface area contributed by atoms with E-state index in [1.54, 1.807) is 11.3 Å². The molecule has 9 heteroatoms. The summed E-state index contributed by atoms with van der Waals surface area (Å²) in [4.78, 5) is 20.9. The van der Waals surface area contributed by atoms with Crippen LogP contribution in [-0.4, -0.2) is 32.5 Å². The highest BCUT2D eigenvalue weighted by Gasteiger charge is 2.25. The fourth-order valence-electron chi connectivity index (χ4n) is 4.80. The summed E-state index contributed by atoms with van der Waals surface area (Å²) >= 11 is 3.17. The van der Waals surface area contributed by atoms with Crippen LogP contribution in [0.25, 0.3) is 10.2 Å². The number of ether oxygens (including phenoxy) is 1. The van der Waals surface area contributed by atoms with Crippen LogP contribution < -0.4 is 5.56 Å². The van der Waals surface area contributed by atoms with Crippen molar-refractivity contribution < 1.29 is 9.15 Å². The molecule has 0 bridgehead atoms. The van der Waals surface area contributed by atoms with Crippen LogP contribution >= 0.6 is 23.1 Å². The highest BCUT2D eigenvalue weighted by atomic mass is 32.2. The number of aromatic nitrogens is 4. The summed E-state index contributed by atoms with van der Waals surface area (Å²) < 4.78 is 13.6. The predicted octanol–water partition coefficient (Wildman–Crippen LogP) is 4.78. The van der Waals surface area contributed by atoms with Crippen molar-refractivity contribution in [2.45, 2.75) is 68.5 Å². The van der Waals surface area contributed by atoms with E-state index >= 15 is 0 Å². The Morgan fingerprint density at radius 1 is 1.09 bits per heavy atom. The molecular formula is C25H26N4O3S2. The average Bonchev–Trinajstić information content (AvgIpc) is 3.60. The van der Waals surface area contributed by atoms with Gasteiger partial charge in [0, 0.05) is 11.5 Å². The molecule has 0 radical (unpaired) electrons. The predicted molar refractivity (Wildman–Crippen MR) is 133 cm³/mol. The molecule has 4 aromatic rings. The number of rotatable bonds is 7. The Morgan fingerprint density at radius 3 is 2.79 bits per heavy atom. The molecule has 3 aromatic heterocycles. The van der Waals surface area contributed by atoms with Crippen molar-refractivity contribution in [3.8, 4) is 0 Å². The van der Waals surface area contributed by atoms with Crippen LogP contribution in [0.1, 0.15) is 53.5 Å². The van der Waals surface area contributed by atoms with Gasteiger partial charge in [-0.3, -0.25) is 9.36 Å². The summed E-state index contributed by atoms with van der Waals surface area (Å²) in [5, 5.41) is 9.95. The highest BCUT2D eigenvalue weighted by molar-refractivity contribution is 7.98. The van der Waals surface area contributed by atoms with E-state index in [0.717, 1.165) is 54.5 Å². The molecule has 2 aliphatic rings. The third-order valence-electron chi connectivity index (χ3n) is 6.48. The Hall–Kier alpha value is -2.49. The van der Waals surface area contributed by atoms with Crippen LogP contribution in [0.2, 0.25) is 0 Å². The minimum Gasteiger partial charge on any atom is -0.424 e. The summed E-state index contributed by atoms with van der Waals surface area (Å²) in [6.07, 6.45) is 7.04. The van der Waals surface area contributed by atoms with Gasteiger partial charge < -0.3 is 9.15 Å². The summed E-state index contributed by atoms with van der Waals surface area (Å²) in [5.74, 6) is 1.60. The van der Waals surface area contributed by atoms with E-state index in [-0.39, 0.29) is 11.7 Å². The van der Waals surface area contributed by atoms with Gasteiger partial charge in [-0.2, -0.15) is 0 Å². The van der Waals surface area contributed by atoms with E-state index in [9.17, 15) is 4.79 Å². The first-order valence-electron chi connectivity index (χ1n) is 11.9. The molecule has 1 aromatic carbocycles. The topological polar surface area (TPSA) is 83.0 Å². The molecule has 1 aliphatic heterocycles. The number of fused-ring (bicyclic) bond motifs is 3. The van der Waals surface area contributed by atoms with Crippen molar-refractivity contribution in [2.75, 3.05) is 6.61 Å². The molecule has 1 aliphatic carbocycles. The summed E-state index contributed by atoms with van der Waals surface area (Å²) in [6.45, 7) is 1.30. The maximum Gasteiger partial charge on any atom is 0.263 e. The number of hydrogen-bond donors (Lipinski definition) is 0. The molecule has 0 spiro atoms. The largest absolute Gasteiger partial charge is 0.424 e. The Kier molecular flexibility index (Phi) is 6.24. The van der Waals surface area contributed by atoms with Gasteiger partial charge in [-0.1, -0.05) is 42.1 Å². The van der Waals surface area contributed by atoms with Crippen molar-refractivity contribution in [3.63, 3.8) is 0 Å². The van der Waals surface area contributed by atoms with Crippen LogP contribution in [0.5, 0.6) is 0 Å². The van der Waals surface area contributed by atoms with E-state index in [4.69, 9.17) is 14.1 Å². The van der Waals surface area contributed by atoms with E-state index in [0.29, 0.717) is 35.7 Å². The molecule has 176 valence electrons. The lowest BCUT2D eigenvalue weighted by Crippen LogP contribution is -2.29. The normalized spacial score (nSPS) is 17.9. The number of benzene rings is 1. The zero-order chi connectivity index (χ0) is 22.9.